The molecule has 1 N–H and O–H groups in total. The molecule has 1 fully saturated rings. The van der Waals surface area contributed by atoms with Crippen LogP contribution in [0.1, 0.15) is 30.0 Å². The smallest absolute Gasteiger partial charge is 0.249 e. The van der Waals surface area contributed by atoms with Crippen molar-refractivity contribution in [3.63, 3.8) is 0 Å². The quantitative estimate of drug-likeness (QED) is 0.412. The lowest BCUT2D eigenvalue weighted by molar-refractivity contribution is -0.127. The highest BCUT2D eigenvalue weighted by molar-refractivity contribution is 6.02. The summed E-state index contributed by atoms with van der Waals surface area (Å²) in [6, 6.07) is 17.6. The molecule has 9 nitrogen and oxygen atoms in total. The van der Waals surface area contributed by atoms with E-state index in [4.69, 9.17) is 4.74 Å². The van der Waals surface area contributed by atoms with Gasteiger partial charge in [0.15, 0.2) is 0 Å². The number of nitrogens with one attached hydrogen (secondary N) is 1. The van der Waals surface area contributed by atoms with Crippen LogP contribution >= 0.6 is 0 Å². The second-order valence-corrected chi connectivity index (χ2v) is 8.85. The molecule has 1 saturated heterocycles. The SMILES string of the molecule is Cc1ccccc1N(C(=O)Cn1nnc2ccccc21)[C@@H](C(=O)NC[C@@H]1CCCO1)c1ccncc1. The third kappa shape index (κ3) is 4.96. The molecule has 3 heterocycles. The molecule has 0 radical (unpaired) electrons. The number of benzene rings is 2. The molecule has 2 aromatic heterocycles. The molecule has 2 aromatic carbocycles. The maximum atomic E-state index is 14.0. The first-order valence-electron chi connectivity index (χ1n) is 12.1. The van der Waals surface area contributed by atoms with E-state index in [9.17, 15) is 9.59 Å². The molecule has 0 spiro atoms. The van der Waals surface area contributed by atoms with Gasteiger partial charge in [0, 0.05) is 31.2 Å². The van der Waals surface area contributed by atoms with Crippen LogP contribution in [0.5, 0.6) is 0 Å². The van der Waals surface area contributed by atoms with Crippen molar-refractivity contribution >= 4 is 28.5 Å². The van der Waals surface area contributed by atoms with Crippen LogP contribution in [-0.4, -0.2) is 51.0 Å². The number of amides is 2. The van der Waals surface area contributed by atoms with Gasteiger partial charge in [-0.15, -0.1) is 5.10 Å². The average Bonchev–Trinajstić information content (AvgIpc) is 3.57. The zero-order valence-corrected chi connectivity index (χ0v) is 20.1. The largest absolute Gasteiger partial charge is 0.376 e. The Balaban J connectivity index is 1.53. The minimum Gasteiger partial charge on any atom is -0.376 e. The van der Waals surface area contributed by atoms with Gasteiger partial charge in [0.25, 0.3) is 0 Å². The molecular weight excluding hydrogens is 456 g/mol. The van der Waals surface area contributed by atoms with Crippen molar-refractivity contribution in [2.45, 2.75) is 38.5 Å². The number of carbonyl (C=O) groups excluding carboxylic acids is 2. The molecule has 2 atom stereocenters. The van der Waals surface area contributed by atoms with E-state index < -0.39 is 6.04 Å². The topological polar surface area (TPSA) is 102 Å². The Kier molecular flexibility index (Phi) is 6.99. The van der Waals surface area contributed by atoms with Gasteiger partial charge in [-0.3, -0.25) is 19.5 Å². The van der Waals surface area contributed by atoms with E-state index in [1.54, 1.807) is 34.1 Å². The van der Waals surface area contributed by atoms with Crippen LogP contribution in [0.15, 0.2) is 73.1 Å². The predicted octanol–water partition coefficient (Wildman–Crippen LogP) is 3.20. The van der Waals surface area contributed by atoms with Crippen LogP contribution in [0.3, 0.4) is 0 Å². The van der Waals surface area contributed by atoms with Gasteiger partial charge in [0.05, 0.1) is 11.6 Å². The highest BCUT2D eigenvalue weighted by Gasteiger charge is 2.34. The van der Waals surface area contributed by atoms with Gasteiger partial charge in [-0.25, -0.2) is 4.68 Å². The summed E-state index contributed by atoms with van der Waals surface area (Å²) < 4.78 is 7.25. The molecule has 0 bridgehead atoms. The van der Waals surface area contributed by atoms with Crippen molar-refractivity contribution < 1.29 is 14.3 Å². The van der Waals surface area contributed by atoms with Gasteiger partial charge in [-0.05, 0) is 61.2 Å². The number of pyridine rings is 1. The van der Waals surface area contributed by atoms with Gasteiger partial charge >= 0.3 is 0 Å². The summed E-state index contributed by atoms with van der Waals surface area (Å²) in [6.07, 6.45) is 5.12. The van der Waals surface area contributed by atoms with Crippen molar-refractivity contribution in [3.8, 4) is 0 Å². The standard InChI is InChI=1S/C27H28N6O3/c1-19-7-2-4-10-23(19)33(25(34)18-32-24-11-5-3-9-22(24)30-31-32)26(20-12-14-28-15-13-20)27(35)29-17-21-8-6-16-36-21/h2-5,7,9-15,21,26H,6,8,16-18H2,1H3,(H,29,35)/t21-,26+/m0/s1. The van der Waals surface area contributed by atoms with E-state index in [1.807, 2.05) is 55.5 Å². The number of fused-ring (bicyclic) bond motifs is 1. The lowest BCUT2D eigenvalue weighted by atomic mass is 10.0. The number of aromatic nitrogens is 4. The van der Waals surface area contributed by atoms with E-state index >= 15 is 0 Å². The molecule has 0 aliphatic carbocycles. The zero-order valence-electron chi connectivity index (χ0n) is 20.1. The molecule has 0 unspecified atom stereocenters. The zero-order chi connectivity index (χ0) is 24.9. The summed E-state index contributed by atoms with van der Waals surface area (Å²) in [5.41, 5.74) is 3.64. The number of nitrogens with zero attached hydrogens (tertiary/aromatic N) is 5. The number of carbonyl (C=O) groups is 2. The Bertz CT molecular complexity index is 1350. The van der Waals surface area contributed by atoms with Gasteiger partial charge in [0.2, 0.25) is 11.8 Å². The van der Waals surface area contributed by atoms with Crippen LogP contribution in [-0.2, 0) is 20.9 Å². The van der Waals surface area contributed by atoms with Crippen LogP contribution in [0.2, 0.25) is 0 Å². The van der Waals surface area contributed by atoms with Crippen LogP contribution in [0, 0.1) is 6.92 Å². The van der Waals surface area contributed by atoms with E-state index in [0.717, 1.165) is 23.9 Å². The first-order valence-corrected chi connectivity index (χ1v) is 12.1. The summed E-state index contributed by atoms with van der Waals surface area (Å²) in [7, 11) is 0. The fourth-order valence-electron chi connectivity index (χ4n) is 4.57. The Morgan fingerprint density at radius 3 is 2.67 bits per heavy atom. The van der Waals surface area contributed by atoms with Crippen molar-refractivity contribution in [1.29, 1.82) is 0 Å². The molecule has 5 rings (SSSR count). The molecular formula is C27H28N6O3. The third-order valence-electron chi connectivity index (χ3n) is 6.41. The number of aryl methyl sites for hydroxylation is 1. The van der Waals surface area contributed by atoms with E-state index in [1.165, 1.54) is 0 Å². The molecule has 2 amide bonds. The maximum Gasteiger partial charge on any atom is 0.249 e. The normalized spacial score (nSPS) is 16.1. The van der Waals surface area contributed by atoms with E-state index in [2.05, 4.69) is 20.6 Å². The van der Waals surface area contributed by atoms with Gasteiger partial charge in [0.1, 0.15) is 18.1 Å². The Labute approximate surface area is 209 Å². The highest BCUT2D eigenvalue weighted by atomic mass is 16.5. The van der Waals surface area contributed by atoms with Gasteiger partial charge in [-0.2, -0.15) is 0 Å². The molecule has 184 valence electrons. The van der Waals surface area contributed by atoms with Crippen LogP contribution in [0.4, 0.5) is 5.69 Å². The molecule has 1 aliphatic rings. The minimum absolute atomic E-state index is 0.0174. The van der Waals surface area contributed by atoms with Crippen molar-refractivity contribution in [2.75, 3.05) is 18.1 Å². The Morgan fingerprint density at radius 1 is 1.11 bits per heavy atom. The number of ether oxygens (including phenoxy) is 1. The molecule has 36 heavy (non-hydrogen) atoms. The number of hydrogen-bond donors (Lipinski definition) is 1. The molecule has 9 heteroatoms. The molecule has 0 saturated carbocycles. The number of anilines is 1. The summed E-state index contributed by atoms with van der Waals surface area (Å²) >= 11 is 0. The summed E-state index contributed by atoms with van der Waals surface area (Å²) in [6.45, 7) is 2.95. The van der Waals surface area contributed by atoms with E-state index in [0.29, 0.717) is 29.9 Å². The second-order valence-electron chi connectivity index (χ2n) is 8.85. The summed E-state index contributed by atoms with van der Waals surface area (Å²) in [4.78, 5) is 33.4. The lowest BCUT2D eigenvalue weighted by Crippen LogP contribution is -2.47. The number of rotatable bonds is 8. The first-order chi connectivity index (χ1) is 17.6. The van der Waals surface area contributed by atoms with Gasteiger partial charge < -0.3 is 10.1 Å². The van der Waals surface area contributed by atoms with Gasteiger partial charge in [-0.1, -0.05) is 35.5 Å². The average molecular weight is 485 g/mol. The fraction of sp³-hybridized carbons (Fsp3) is 0.296. The number of para-hydroxylation sites is 2. The Morgan fingerprint density at radius 2 is 1.89 bits per heavy atom. The lowest BCUT2D eigenvalue weighted by Gasteiger charge is -2.32. The minimum atomic E-state index is -0.905. The highest BCUT2D eigenvalue weighted by Crippen LogP contribution is 2.31. The van der Waals surface area contributed by atoms with Crippen molar-refractivity contribution in [3.05, 3.63) is 84.2 Å². The fourth-order valence-corrected chi connectivity index (χ4v) is 4.57. The van der Waals surface area contributed by atoms with Crippen molar-refractivity contribution in [1.82, 2.24) is 25.3 Å². The number of hydrogen-bond acceptors (Lipinski definition) is 6. The second kappa shape index (κ2) is 10.7. The monoisotopic (exact) mass is 484 g/mol. The van der Waals surface area contributed by atoms with E-state index in [-0.39, 0.29) is 24.5 Å². The van der Waals surface area contributed by atoms with Crippen LogP contribution < -0.4 is 10.2 Å². The first kappa shape index (κ1) is 23.6. The maximum absolute atomic E-state index is 14.0. The molecule has 4 aromatic rings. The predicted molar refractivity (Wildman–Crippen MR) is 135 cm³/mol. The molecule has 1 aliphatic heterocycles. The van der Waals surface area contributed by atoms with Crippen LogP contribution in [0.25, 0.3) is 11.0 Å². The Hall–Kier alpha value is -4.11. The summed E-state index contributed by atoms with van der Waals surface area (Å²) in [5, 5.41) is 11.4. The summed E-state index contributed by atoms with van der Waals surface area (Å²) in [5.74, 6) is -0.564. The van der Waals surface area contributed by atoms with Crippen molar-refractivity contribution in [2.24, 2.45) is 0 Å². The third-order valence-corrected chi connectivity index (χ3v) is 6.41.